The van der Waals surface area contributed by atoms with Crippen molar-refractivity contribution in [2.45, 2.75) is 13.5 Å². The Morgan fingerprint density at radius 2 is 1.71 bits per heavy atom. The van der Waals surface area contributed by atoms with Crippen molar-refractivity contribution in [1.82, 2.24) is 9.55 Å². The van der Waals surface area contributed by atoms with Crippen LogP contribution in [-0.4, -0.2) is 27.1 Å². The predicted molar refractivity (Wildman–Crippen MR) is 137 cm³/mol. The van der Waals surface area contributed by atoms with E-state index in [9.17, 15) is 14.4 Å². The van der Waals surface area contributed by atoms with Gasteiger partial charge in [0.15, 0.2) is 0 Å². The summed E-state index contributed by atoms with van der Waals surface area (Å²) in [6.45, 7) is 1.76. The van der Waals surface area contributed by atoms with Gasteiger partial charge in [-0.3, -0.25) is 19.4 Å². The van der Waals surface area contributed by atoms with Crippen LogP contribution in [-0.2, 0) is 16.1 Å². The van der Waals surface area contributed by atoms with Crippen LogP contribution in [0.4, 0.5) is 5.69 Å². The molecule has 0 aliphatic rings. The number of halogens is 1. The van der Waals surface area contributed by atoms with E-state index in [0.29, 0.717) is 22.6 Å². The van der Waals surface area contributed by atoms with Crippen molar-refractivity contribution in [3.8, 4) is 0 Å². The van der Waals surface area contributed by atoms with E-state index in [1.165, 1.54) is 6.92 Å². The first-order valence-corrected chi connectivity index (χ1v) is 11.4. The van der Waals surface area contributed by atoms with Gasteiger partial charge >= 0.3 is 5.91 Å². The lowest BCUT2D eigenvalue weighted by Crippen LogP contribution is -2.40. The van der Waals surface area contributed by atoms with Gasteiger partial charge < -0.3 is 4.57 Å². The van der Waals surface area contributed by atoms with Crippen LogP contribution in [0.2, 0.25) is 5.02 Å². The maximum atomic E-state index is 13.5. The molecule has 0 fully saturated rings. The number of aromatic nitrogens is 2. The molecule has 2 heterocycles. The smallest absolute Gasteiger partial charge is 0.306 e. The number of pyridine rings is 1. The molecule has 0 saturated heterocycles. The topological polar surface area (TPSA) is 72.3 Å². The Morgan fingerprint density at radius 3 is 2.49 bits per heavy atom. The monoisotopic (exact) mass is 481 g/mol. The summed E-state index contributed by atoms with van der Waals surface area (Å²) in [7, 11) is 0. The number of carbonyl (C=O) groups is 3. The fourth-order valence-electron chi connectivity index (χ4n) is 4.21. The molecular formula is C28H20ClN3O3. The van der Waals surface area contributed by atoms with Crippen molar-refractivity contribution < 1.29 is 14.4 Å². The number of rotatable bonds is 5. The summed E-state index contributed by atoms with van der Waals surface area (Å²) in [6, 6.07) is 23.4. The number of para-hydroxylation sites is 1. The maximum Gasteiger partial charge on any atom is 0.306 e. The van der Waals surface area contributed by atoms with Crippen LogP contribution >= 0.6 is 11.6 Å². The molecule has 0 spiro atoms. The normalized spacial score (nSPS) is 11.0. The molecule has 6 nitrogen and oxygen atoms in total. The summed E-state index contributed by atoms with van der Waals surface area (Å²) in [6.07, 6.45) is 3.33. The molecule has 0 aliphatic carbocycles. The zero-order valence-corrected chi connectivity index (χ0v) is 19.6. The van der Waals surface area contributed by atoms with Crippen LogP contribution < -0.4 is 4.90 Å². The minimum absolute atomic E-state index is 0.244. The van der Waals surface area contributed by atoms with Crippen LogP contribution in [0.3, 0.4) is 0 Å². The zero-order valence-electron chi connectivity index (χ0n) is 18.8. The number of fused-ring (bicyclic) bond motifs is 2. The number of imide groups is 1. The lowest BCUT2D eigenvalue weighted by Gasteiger charge is -2.18. The van der Waals surface area contributed by atoms with Crippen molar-refractivity contribution in [3.05, 3.63) is 107 Å². The number of Topliss-reactive ketones (excluding diaryl/α,β-unsaturated/α-hetero) is 1. The Hall–Kier alpha value is -4.29. The number of hydrogen-bond acceptors (Lipinski definition) is 4. The van der Waals surface area contributed by atoms with E-state index < -0.39 is 17.6 Å². The largest absolute Gasteiger partial charge is 0.342 e. The summed E-state index contributed by atoms with van der Waals surface area (Å²) in [5.74, 6) is -2.20. The van der Waals surface area contributed by atoms with Gasteiger partial charge in [-0.25, -0.2) is 4.90 Å². The number of anilines is 1. The molecule has 0 radical (unpaired) electrons. The fraction of sp³-hybridized carbons (Fsp3) is 0.0714. The van der Waals surface area contributed by atoms with Crippen molar-refractivity contribution >= 4 is 56.7 Å². The van der Waals surface area contributed by atoms with Crippen molar-refractivity contribution in [2.24, 2.45) is 0 Å². The molecular weight excluding hydrogens is 462 g/mol. The second-order valence-electron chi connectivity index (χ2n) is 8.18. The molecule has 0 N–H and O–H groups in total. The van der Waals surface area contributed by atoms with Crippen LogP contribution in [0.1, 0.15) is 22.8 Å². The van der Waals surface area contributed by atoms with Gasteiger partial charge in [0.25, 0.3) is 5.78 Å². The molecule has 3 aromatic carbocycles. The highest BCUT2D eigenvalue weighted by atomic mass is 35.5. The lowest BCUT2D eigenvalue weighted by atomic mass is 10.1. The number of hydrogen-bond donors (Lipinski definition) is 0. The number of nitrogens with zero attached hydrogens (tertiary/aromatic N) is 3. The molecule has 172 valence electrons. The van der Waals surface area contributed by atoms with Gasteiger partial charge in [0.1, 0.15) is 0 Å². The summed E-state index contributed by atoms with van der Waals surface area (Å²) in [5.41, 5.74) is 3.10. The number of ketones is 1. The SMILES string of the molecule is CC(=O)N(C(=O)C(=O)c1cn(Cc2ccc(Cl)cc2)c2ccccc12)c1ccc2ncccc2c1. The maximum absolute atomic E-state index is 13.5. The highest BCUT2D eigenvalue weighted by molar-refractivity contribution is 6.52. The fourth-order valence-corrected chi connectivity index (χ4v) is 4.33. The Labute approximate surface area is 206 Å². The summed E-state index contributed by atoms with van der Waals surface area (Å²) < 4.78 is 1.92. The van der Waals surface area contributed by atoms with Gasteiger partial charge in [0, 0.05) is 47.2 Å². The molecule has 0 atom stereocenters. The number of carbonyl (C=O) groups excluding carboxylic acids is 3. The van der Waals surface area contributed by atoms with E-state index in [4.69, 9.17) is 11.6 Å². The third-order valence-corrected chi connectivity index (χ3v) is 6.11. The third-order valence-electron chi connectivity index (χ3n) is 5.86. The Kier molecular flexibility index (Phi) is 5.89. The molecule has 2 amide bonds. The minimum Gasteiger partial charge on any atom is -0.342 e. The number of amides is 2. The average molecular weight is 482 g/mol. The van der Waals surface area contributed by atoms with E-state index in [0.717, 1.165) is 26.9 Å². The molecule has 0 saturated carbocycles. The Morgan fingerprint density at radius 1 is 0.943 bits per heavy atom. The van der Waals surface area contributed by atoms with Gasteiger partial charge in [-0.1, -0.05) is 48.0 Å². The van der Waals surface area contributed by atoms with E-state index in [1.54, 1.807) is 42.7 Å². The minimum atomic E-state index is -0.907. The summed E-state index contributed by atoms with van der Waals surface area (Å²) >= 11 is 6.00. The highest BCUT2D eigenvalue weighted by Gasteiger charge is 2.30. The average Bonchev–Trinajstić information content (AvgIpc) is 3.23. The molecule has 0 unspecified atom stereocenters. The quantitative estimate of drug-likeness (QED) is 0.240. The van der Waals surface area contributed by atoms with Crippen LogP contribution in [0.5, 0.6) is 0 Å². The van der Waals surface area contributed by atoms with Crippen molar-refractivity contribution in [2.75, 3.05) is 4.90 Å². The second-order valence-corrected chi connectivity index (χ2v) is 8.62. The zero-order chi connectivity index (χ0) is 24.5. The van der Waals surface area contributed by atoms with E-state index >= 15 is 0 Å². The standard InChI is InChI=1S/C28H20ClN3O3/c1-18(33)32(22-12-13-25-20(15-22)5-4-14-30-25)28(35)27(34)24-17-31(26-7-3-2-6-23(24)26)16-19-8-10-21(29)11-9-19/h2-15,17H,16H2,1H3. The van der Waals surface area contributed by atoms with Crippen molar-refractivity contribution in [3.63, 3.8) is 0 Å². The number of benzene rings is 3. The predicted octanol–water partition coefficient (Wildman–Crippen LogP) is 5.65. The summed E-state index contributed by atoms with van der Waals surface area (Å²) in [4.78, 5) is 44.5. The molecule has 5 rings (SSSR count). The highest BCUT2D eigenvalue weighted by Crippen LogP contribution is 2.26. The third kappa shape index (κ3) is 4.32. The molecule has 5 aromatic rings. The van der Waals surface area contributed by atoms with Gasteiger partial charge in [0.2, 0.25) is 5.91 Å². The lowest BCUT2D eigenvalue weighted by molar-refractivity contribution is -0.123. The van der Waals surface area contributed by atoms with E-state index in [1.807, 2.05) is 53.1 Å². The van der Waals surface area contributed by atoms with Crippen LogP contribution in [0.25, 0.3) is 21.8 Å². The molecule has 2 aromatic heterocycles. The second kappa shape index (κ2) is 9.16. The van der Waals surface area contributed by atoms with Gasteiger partial charge in [-0.15, -0.1) is 0 Å². The van der Waals surface area contributed by atoms with Crippen LogP contribution in [0, 0.1) is 0 Å². The first-order chi connectivity index (χ1) is 16.9. The molecule has 35 heavy (non-hydrogen) atoms. The molecule has 7 heteroatoms. The first-order valence-electron chi connectivity index (χ1n) is 11.0. The molecule has 0 bridgehead atoms. The van der Waals surface area contributed by atoms with E-state index in [-0.39, 0.29) is 5.56 Å². The van der Waals surface area contributed by atoms with Crippen molar-refractivity contribution in [1.29, 1.82) is 0 Å². The first kappa shape index (κ1) is 22.5. The van der Waals surface area contributed by atoms with E-state index in [2.05, 4.69) is 4.98 Å². The Bertz CT molecular complexity index is 1610. The Balaban J connectivity index is 1.53. The van der Waals surface area contributed by atoms with Gasteiger partial charge in [0.05, 0.1) is 16.8 Å². The molecule has 0 aliphatic heterocycles. The summed E-state index contributed by atoms with van der Waals surface area (Å²) in [5, 5.41) is 2.04. The van der Waals surface area contributed by atoms with Gasteiger partial charge in [-0.05, 0) is 48.0 Å². The van der Waals surface area contributed by atoms with Gasteiger partial charge in [-0.2, -0.15) is 0 Å². The van der Waals surface area contributed by atoms with Crippen LogP contribution in [0.15, 0.2) is 91.3 Å².